The Morgan fingerprint density at radius 3 is 2.80 bits per heavy atom. The Morgan fingerprint density at radius 1 is 1.27 bits per heavy atom. The monoisotopic (exact) mass is 220 g/mol. The maximum absolute atomic E-state index is 11.3. The Hall–Kier alpha value is -1.74. The molecular formula is C11H9ClN2O. The molecule has 1 aromatic heterocycles. The second-order valence-electron chi connectivity index (χ2n) is 3.14. The van der Waals surface area contributed by atoms with Gasteiger partial charge in [0.15, 0.2) is 0 Å². The Labute approximate surface area is 91.5 Å². The number of H-pyrrole nitrogens is 1. The molecule has 0 unspecified atom stereocenters. The molecule has 2 aromatic rings. The summed E-state index contributed by atoms with van der Waals surface area (Å²) in [6, 6.07) is 8.97. The molecule has 0 aliphatic rings. The van der Waals surface area contributed by atoms with E-state index in [0.29, 0.717) is 10.6 Å². The van der Waals surface area contributed by atoms with Gasteiger partial charge in [-0.15, -0.1) is 0 Å². The van der Waals surface area contributed by atoms with Crippen molar-refractivity contribution in [2.45, 2.75) is 0 Å². The fourth-order valence-corrected chi connectivity index (χ4v) is 1.59. The number of halogens is 1. The summed E-state index contributed by atoms with van der Waals surface area (Å²) in [7, 11) is 0. The highest BCUT2D eigenvalue weighted by Crippen LogP contribution is 2.24. The highest BCUT2D eigenvalue weighted by molar-refractivity contribution is 6.30. The van der Waals surface area contributed by atoms with E-state index >= 15 is 0 Å². The van der Waals surface area contributed by atoms with E-state index in [1.54, 1.807) is 24.4 Å². The van der Waals surface area contributed by atoms with E-state index in [0.717, 1.165) is 5.56 Å². The van der Waals surface area contributed by atoms with E-state index in [-0.39, 0.29) is 11.2 Å². The first kappa shape index (κ1) is 9.80. The smallest absolute Gasteiger partial charge is 0.271 e. The van der Waals surface area contributed by atoms with Gasteiger partial charge in [-0.3, -0.25) is 4.79 Å². The van der Waals surface area contributed by atoms with Gasteiger partial charge < -0.3 is 10.7 Å². The van der Waals surface area contributed by atoms with E-state index in [9.17, 15) is 4.79 Å². The first-order valence-electron chi connectivity index (χ1n) is 4.41. The Balaban J connectivity index is 2.64. The molecule has 0 saturated heterocycles. The molecule has 0 aliphatic heterocycles. The maximum atomic E-state index is 11.3. The van der Waals surface area contributed by atoms with Gasteiger partial charge in [-0.1, -0.05) is 23.7 Å². The molecule has 0 atom stereocenters. The summed E-state index contributed by atoms with van der Waals surface area (Å²) in [6.45, 7) is 0. The molecule has 1 aromatic carbocycles. The van der Waals surface area contributed by atoms with Crippen LogP contribution >= 0.6 is 11.6 Å². The van der Waals surface area contributed by atoms with Crippen LogP contribution in [0.15, 0.2) is 41.3 Å². The maximum Gasteiger partial charge on any atom is 0.271 e. The molecule has 0 amide bonds. The minimum atomic E-state index is -0.285. The zero-order chi connectivity index (χ0) is 10.8. The van der Waals surface area contributed by atoms with Gasteiger partial charge in [-0.25, -0.2) is 0 Å². The second kappa shape index (κ2) is 3.79. The minimum Gasteiger partial charge on any atom is -0.394 e. The molecule has 0 spiro atoms. The molecule has 15 heavy (non-hydrogen) atoms. The lowest BCUT2D eigenvalue weighted by atomic mass is 10.1. The predicted molar refractivity (Wildman–Crippen MR) is 61.9 cm³/mol. The molecule has 1 heterocycles. The topological polar surface area (TPSA) is 58.9 Å². The average molecular weight is 221 g/mol. The van der Waals surface area contributed by atoms with Crippen LogP contribution in [0.2, 0.25) is 5.02 Å². The third-order valence-corrected chi connectivity index (χ3v) is 2.37. The van der Waals surface area contributed by atoms with Gasteiger partial charge in [-0.05, 0) is 23.8 Å². The highest BCUT2D eigenvalue weighted by atomic mass is 35.5. The standard InChI is InChI=1S/C11H9ClN2O/c12-8-3-1-2-7(6-8)9-4-5-14-11(15)10(9)13/h1-6H,13H2,(H,14,15). The van der Waals surface area contributed by atoms with Gasteiger partial charge >= 0.3 is 0 Å². The Kier molecular flexibility index (Phi) is 2.47. The summed E-state index contributed by atoms with van der Waals surface area (Å²) in [5, 5.41) is 0.618. The van der Waals surface area contributed by atoms with Crippen LogP contribution in [-0.4, -0.2) is 4.98 Å². The fourth-order valence-electron chi connectivity index (χ4n) is 1.40. The number of hydrogen-bond donors (Lipinski definition) is 2. The molecule has 0 radical (unpaired) electrons. The van der Waals surface area contributed by atoms with Gasteiger partial charge in [0.1, 0.15) is 5.69 Å². The van der Waals surface area contributed by atoms with Crippen molar-refractivity contribution in [3.8, 4) is 11.1 Å². The number of nitrogens with one attached hydrogen (secondary N) is 1. The number of hydrogen-bond acceptors (Lipinski definition) is 2. The van der Waals surface area contributed by atoms with Gasteiger partial charge in [-0.2, -0.15) is 0 Å². The zero-order valence-corrected chi connectivity index (χ0v) is 8.58. The van der Waals surface area contributed by atoms with E-state index in [4.69, 9.17) is 17.3 Å². The van der Waals surface area contributed by atoms with Crippen molar-refractivity contribution in [3.63, 3.8) is 0 Å². The molecule has 3 nitrogen and oxygen atoms in total. The summed E-state index contributed by atoms with van der Waals surface area (Å²) in [5.41, 5.74) is 7.14. The Bertz CT molecular complexity index is 548. The van der Waals surface area contributed by atoms with Crippen LogP contribution in [0.4, 0.5) is 5.69 Å². The van der Waals surface area contributed by atoms with Crippen LogP contribution in [0.3, 0.4) is 0 Å². The van der Waals surface area contributed by atoms with Crippen molar-refractivity contribution in [3.05, 3.63) is 51.9 Å². The second-order valence-corrected chi connectivity index (χ2v) is 3.58. The third kappa shape index (κ3) is 1.87. The molecule has 76 valence electrons. The normalized spacial score (nSPS) is 10.2. The summed E-state index contributed by atoms with van der Waals surface area (Å²) < 4.78 is 0. The summed E-state index contributed by atoms with van der Waals surface area (Å²) in [4.78, 5) is 13.8. The van der Waals surface area contributed by atoms with Crippen LogP contribution in [0, 0.1) is 0 Å². The summed E-state index contributed by atoms with van der Waals surface area (Å²) >= 11 is 5.86. The van der Waals surface area contributed by atoms with E-state index in [2.05, 4.69) is 4.98 Å². The largest absolute Gasteiger partial charge is 0.394 e. The predicted octanol–water partition coefficient (Wildman–Crippen LogP) is 2.28. The van der Waals surface area contributed by atoms with Gasteiger partial charge in [0, 0.05) is 16.8 Å². The van der Waals surface area contributed by atoms with Gasteiger partial charge in [0.25, 0.3) is 5.56 Å². The molecule has 0 fully saturated rings. The highest BCUT2D eigenvalue weighted by Gasteiger charge is 2.05. The van der Waals surface area contributed by atoms with E-state index in [1.165, 1.54) is 0 Å². The fraction of sp³-hybridized carbons (Fsp3) is 0. The molecule has 0 aliphatic carbocycles. The van der Waals surface area contributed by atoms with Crippen LogP contribution in [0.5, 0.6) is 0 Å². The number of aromatic amines is 1. The summed E-state index contributed by atoms with van der Waals surface area (Å²) in [6.07, 6.45) is 1.56. The average Bonchev–Trinajstić information content (AvgIpc) is 2.22. The van der Waals surface area contributed by atoms with Crippen molar-refractivity contribution < 1.29 is 0 Å². The lowest BCUT2D eigenvalue weighted by Crippen LogP contribution is -2.11. The molecule has 2 rings (SSSR count). The molecule has 0 saturated carbocycles. The Morgan fingerprint density at radius 2 is 2.07 bits per heavy atom. The van der Waals surface area contributed by atoms with Crippen molar-refractivity contribution in [1.29, 1.82) is 0 Å². The van der Waals surface area contributed by atoms with E-state index < -0.39 is 0 Å². The van der Waals surface area contributed by atoms with Crippen LogP contribution in [0.25, 0.3) is 11.1 Å². The molecule has 3 N–H and O–H groups in total. The number of nitrogen functional groups attached to an aromatic ring is 1. The lowest BCUT2D eigenvalue weighted by Gasteiger charge is -2.04. The van der Waals surface area contributed by atoms with Crippen LogP contribution in [0.1, 0.15) is 0 Å². The van der Waals surface area contributed by atoms with E-state index in [1.807, 2.05) is 12.1 Å². The van der Waals surface area contributed by atoms with Crippen molar-refractivity contribution >= 4 is 17.3 Å². The van der Waals surface area contributed by atoms with Gasteiger partial charge in [0.05, 0.1) is 0 Å². The van der Waals surface area contributed by atoms with Crippen LogP contribution in [-0.2, 0) is 0 Å². The zero-order valence-electron chi connectivity index (χ0n) is 7.83. The lowest BCUT2D eigenvalue weighted by molar-refractivity contribution is 1.25. The summed E-state index contributed by atoms with van der Waals surface area (Å²) in [5.74, 6) is 0. The number of benzene rings is 1. The molecule has 0 bridgehead atoms. The molecule has 4 heteroatoms. The number of anilines is 1. The van der Waals surface area contributed by atoms with Crippen molar-refractivity contribution in [1.82, 2.24) is 4.98 Å². The number of aromatic nitrogens is 1. The van der Waals surface area contributed by atoms with Crippen molar-refractivity contribution in [2.75, 3.05) is 5.73 Å². The van der Waals surface area contributed by atoms with Crippen molar-refractivity contribution in [2.24, 2.45) is 0 Å². The number of nitrogens with two attached hydrogens (primary N) is 1. The first-order chi connectivity index (χ1) is 7.18. The SMILES string of the molecule is Nc1c(-c2cccc(Cl)c2)cc[nH]c1=O. The first-order valence-corrected chi connectivity index (χ1v) is 4.79. The number of rotatable bonds is 1. The number of pyridine rings is 1. The molecular weight excluding hydrogens is 212 g/mol. The quantitative estimate of drug-likeness (QED) is 0.775. The minimum absolute atomic E-state index is 0.208. The third-order valence-electron chi connectivity index (χ3n) is 2.13. The van der Waals surface area contributed by atoms with Crippen LogP contribution < -0.4 is 11.3 Å². The van der Waals surface area contributed by atoms with Gasteiger partial charge in [0.2, 0.25) is 0 Å².